The van der Waals surface area contributed by atoms with Crippen molar-refractivity contribution in [3.8, 4) is 11.1 Å². The maximum absolute atomic E-state index is 2.48. The molecule has 0 N–H and O–H groups in total. The summed E-state index contributed by atoms with van der Waals surface area (Å²) in [6.45, 7) is 0. The minimum atomic E-state index is 1.14. The van der Waals surface area contributed by atoms with Crippen LogP contribution in [0.2, 0.25) is 0 Å². The Morgan fingerprint density at radius 3 is 1.86 bits per heavy atom. The highest BCUT2D eigenvalue weighted by molar-refractivity contribution is 7.26. The van der Waals surface area contributed by atoms with E-state index in [0.29, 0.717) is 0 Å². The number of hydrogen-bond donors (Lipinski definition) is 0. The van der Waals surface area contributed by atoms with Crippen LogP contribution in [0.5, 0.6) is 0 Å². The first-order valence-electron chi connectivity index (χ1n) is 15.0. The van der Waals surface area contributed by atoms with Crippen molar-refractivity contribution in [1.82, 2.24) is 0 Å². The van der Waals surface area contributed by atoms with Crippen molar-refractivity contribution < 1.29 is 0 Å². The highest BCUT2D eigenvalue weighted by Gasteiger charge is 2.21. The van der Waals surface area contributed by atoms with Gasteiger partial charge in [0.2, 0.25) is 0 Å². The minimum absolute atomic E-state index is 1.14. The van der Waals surface area contributed by atoms with Gasteiger partial charge < -0.3 is 4.90 Å². The van der Waals surface area contributed by atoms with Crippen molar-refractivity contribution in [2.24, 2.45) is 0 Å². The third kappa shape index (κ3) is 3.92. The number of fused-ring (bicyclic) bond motifs is 8. The van der Waals surface area contributed by atoms with Crippen LogP contribution < -0.4 is 4.90 Å². The van der Waals surface area contributed by atoms with Crippen molar-refractivity contribution >= 4 is 80.9 Å². The molecule has 0 saturated carbocycles. The molecule has 0 aliphatic carbocycles. The Bertz CT molecular complexity index is 2490. The summed E-state index contributed by atoms with van der Waals surface area (Å²) in [5, 5.41) is 10.2. The van der Waals surface area contributed by atoms with Crippen LogP contribution in [0.1, 0.15) is 0 Å². The number of benzene rings is 8. The van der Waals surface area contributed by atoms with E-state index < -0.39 is 0 Å². The van der Waals surface area contributed by atoms with Gasteiger partial charge in [0.05, 0.1) is 16.1 Å². The summed E-state index contributed by atoms with van der Waals surface area (Å²) in [7, 11) is 0. The molecule has 0 aliphatic rings. The molecule has 0 amide bonds. The molecule has 1 aromatic heterocycles. The zero-order valence-corrected chi connectivity index (χ0v) is 24.8. The van der Waals surface area contributed by atoms with Gasteiger partial charge in [-0.15, -0.1) is 11.3 Å². The Kier molecular flexibility index (Phi) is 5.75. The second-order valence-corrected chi connectivity index (χ2v) is 12.4. The van der Waals surface area contributed by atoms with E-state index in [1.54, 1.807) is 0 Å². The zero-order valence-electron chi connectivity index (χ0n) is 23.9. The lowest BCUT2D eigenvalue weighted by molar-refractivity contribution is 1.32. The molecule has 1 nitrogen and oxygen atoms in total. The van der Waals surface area contributed by atoms with E-state index in [1.807, 2.05) is 11.3 Å². The van der Waals surface area contributed by atoms with Gasteiger partial charge in [-0.3, -0.25) is 0 Å². The highest BCUT2D eigenvalue weighted by Crippen LogP contribution is 2.48. The predicted molar refractivity (Wildman–Crippen MR) is 192 cm³/mol. The second-order valence-electron chi connectivity index (χ2n) is 11.3. The summed E-state index contributed by atoms with van der Waals surface area (Å²) in [5.74, 6) is 0. The minimum Gasteiger partial charge on any atom is -0.308 e. The average Bonchev–Trinajstić information content (AvgIpc) is 3.48. The molecule has 2 heteroatoms. The van der Waals surface area contributed by atoms with Crippen molar-refractivity contribution in [2.45, 2.75) is 0 Å². The average molecular weight is 578 g/mol. The van der Waals surface area contributed by atoms with E-state index in [4.69, 9.17) is 0 Å². The number of rotatable bonds is 4. The largest absolute Gasteiger partial charge is 0.308 e. The van der Waals surface area contributed by atoms with Crippen molar-refractivity contribution in [3.63, 3.8) is 0 Å². The number of hydrogen-bond acceptors (Lipinski definition) is 2. The van der Waals surface area contributed by atoms with Crippen LogP contribution in [0.25, 0.3) is 63.6 Å². The molecule has 0 fully saturated rings. The SMILES string of the molecule is c1ccc(-c2ccc(N(c3cc4ccc5ccccc5c4c4ccccc34)c3cccc4c3sc3ccccc34)cc2)cc1. The predicted octanol–water partition coefficient (Wildman–Crippen LogP) is 12.7. The van der Waals surface area contributed by atoms with E-state index in [1.165, 1.54) is 75.0 Å². The zero-order chi connectivity index (χ0) is 29.0. The van der Waals surface area contributed by atoms with Gasteiger partial charge in [0, 0.05) is 26.5 Å². The highest BCUT2D eigenvalue weighted by atomic mass is 32.1. The molecular formula is C42H27NS. The first kappa shape index (κ1) is 25.1. The van der Waals surface area contributed by atoms with Crippen molar-refractivity contribution in [2.75, 3.05) is 4.90 Å². The van der Waals surface area contributed by atoms with Gasteiger partial charge >= 0.3 is 0 Å². The van der Waals surface area contributed by atoms with Crippen LogP contribution in [-0.4, -0.2) is 0 Å². The second kappa shape index (κ2) is 10.1. The Balaban J connectivity index is 1.36. The third-order valence-corrected chi connectivity index (χ3v) is 10.0. The fraction of sp³-hybridized carbons (Fsp3) is 0. The van der Waals surface area contributed by atoms with E-state index in [2.05, 4.69) is 169 Å². The van der Waals surface area contributed by atoms with Crippen LogP contribution in [0, 0.1) is 0 Å². The van der Waals surface area contributed by atoms with Crippen LogP contribution in [0.3, 0.4) is 0 Å². The molecule has 0 saturated heterocycles. The maximum Gasteiger partial charge on any atom is 0.0640 e. The molecule has 206 valence electrons. The van der Waals surface area contributed by atoms with E-state index in [9.17, 15) is 0 Å². The van der Waals surface area contributed by atoms with Gasteiger partial charge in [-0.1, -0.05) is 133 Å². The number of nitrogens with zero attached hydrogens (tertiary/aromatic N) is 1. The van der Waals surface area contributed by atoms with Gasteiger partial charge in [-0.05, 0) is 68.4 Å². The fourth-order valence-corrected chi connectivity index (χ4v) is 8.00. The molecular weight excluding hydrogens is 551 g/mol. The van der Waals surface area contributed by atoms with Crippen molar-refractivity contribution in [3.05, 3.63) is 164 Å². The lowest BCUT2D eigenvalue weighted by atomic mass is 9.94. The van der Waals surface area contributed by atoms with Gasteiger partial charge in [0.15, 0.2) is 0 Å². The lowest BCUT2D eigenvalue weighted by Crippen LogP contribution is -2.11. The molecule has 0 spiro atoms. The van der Waals surface area contributed by atoms with Crippen molar-refractivity contribution in [1.29, 1.82) is 0 Å². The summed E-state index contributed by atoms with van der Waals surface area (Å²) in [5.41, 5.74) is 5.95. The molecule has 0 unspecified atom stereocenters. The van der Waals surface area contributed by atoms with Crippen LogP contribution in [0.15, 0.2) is 164 Å². The Morgan fingerprint density at radius 1 is 0.386 bits per heavy atom. The molecule has 0 aliphatic heterocycles. The summed E-state index contributed by atoms with van der Waals surface area (Å²) in [6, 6.07) is 59.7. The van der Waals surface area contributed by atoms with Gasteiger partial charge in [0.25, 0.3) is 0 Å². The Hall–Kier alpha value is -5.44. The molecule has 1 heterocycles. The van der Waals surface area contributed by atoms with Crippen LogP contribution in [0.4, 0.5) is 17.1 Å². The summed E-state index contributed by atoms with van der Waals surface area (Å²) in [6.07, 6.45) is 0. The van der Waals surface area contributed by atoms with E-state index >= 15 is 0 Å². The first-order chi connectivity index (χ1) is 21.8. The van der Waals surface area contributed by atoms with Crippen LogP contribution in [-0.2, 0) is 0 Å². The smallest absolute Gasteiger partial charge is 0.0640 e. The van der Waals surface area contributed by atoms with Gasteiger partial charge in [-0.25, -0.2) is 0 Å². The normalized spacial score (nSPS) is 11.6. The summed E-state index contributed by atoms with van der Waals surface area (Å²) in [4.78, 5) is 2.48. The fourth-order valence-electron chi connectivity index (χ4n) is 6.79. The first-order valence-corrected chi connectivity index (χ1v) is 15.8. The third-order valence-electron chi connectivity index (χ3n) is 8.82. The quantitative estimate of drug-likeness (QED) is 0.188. The standard InChI is InChI=1S/C42H27NS/c1-2-11-28(12-3-1)29-23-25-32(26-24-29)43(38-19-10-18-37-35-16-8-9-20-40(35)44-42(37)38)39-27-31-22-21-30-13-4-5-14-33(30)41(31)36-17-7-6-15-34(36)39/h1-27H. The molecule has 8 aromatic carbocycles. The molecule has 9 aromatic rings. The van der Waals surface area contributed by atoms with Crippen LogP contribution >= 0.6 is 11.3 Å². The molecule has 9 rings (SSSR count). The Labute approximate surface area is 259 Å². The molecule has 0 bridgehead atoms. The number of anilines is 3. The van der Waals surface area contributed by atoms with Gasteiger partial charge in [0.1, 0.15) is 0 Å². The molecule has 0 atom stereocenters. The molecule has 44 heavy (non-hydrogen) atoms. The topological polar surface area (TPSA) is 3.24 Å². The number of thiophene rings is 1. The summed E-state index contributed by atoms with van der Waals surface area (Å²) < 4.78 is 2.60. The Morgan fingerprint density at radius 2 is 1.02 bits per heavy atom. The lowest BCUT2D eigenvalue weighted by Gasteiger charge is -2.28. The molecule has 0 radical (unpaired) electrons. The maximum atomic E-state index is 2.48. The summed E-state index contributed by atoms with van der Waals surface area (Å²) >= 11 is 1.88. The van der Waals surface area contributed by atoms with E-state index in [0.717, 1.165) is 5.69 Å². The van der Waals surface area contributed by atoms with E-state index in [-0.39, 0.29) is 0 Å². The monoisotopic (exact) mass is 577 g/mol. The van der Waals surface area contributed by atoms with Gasteiger partial charge in [-0.2, -0.15) is 0 Å².